The van der Waals surface area contributed by atoms with Crippen molar-refractivity contribution >= 4 is 45.2 Å². The second-order valence-electron chi connectivity index (χ2n) is 7.30. The molecular weight excluding hydrogens is 412 g/mol. The van der Waals surface area contributed by atoms with Crippen molar-refractivity contribution in [2.24, 2.45) is 4.58 Å². The molecule has 1 aliphatic heterocycles. The Morgan fingerprint density at radius 1 is 1.39 bits per heavy atom. The molecule has 0 radical (unpaired) electrons. The molecule has 28 heavy (non-hydrogen) atoms. The van der Waals surface area contributed by atoms with E-state index in [1.165, 1.54) is 18.6 Å². The average molecular weight is 441 g/mol. The highest BCUT2D eigenvalue weighted by molar-refractivity contribution is 8.77. The molecule has 5 nitrogen and oxygen atoms in total. The molecule has 0 aromatic heterocycles. The van der Waals surface area contributed by atoms with Crippen molar-refractivity contribution in [3.8, 4) is 5.75 Å². The van der Waals surface area contributed by atoms with Crippen LogP contribution in [0.25, 0.3) is 5.70 Å². The summed E-state index contributed by atoms with van der Waals surface area (Å²) in [6.45, 7) is 8.42. The zero-order chi connectivity index (χ0) is 20.4. The predicted molar refractivity (Wildman–Crippen MR) is 124 cm³/mol. The van der Waals surface area contributed by atoms with Crippen molar-refractivity contribution in [1.82, 2.24) is 5.32 Å². The van der Waals surface area contributed by atoms with Crippen LogP contribution in [0.5, 0.6) is 5.75 Å². The van der Waals surface area contributed by atoms with Crippen molar-refractivity contribution < 1.29 is 9.53 Å². The van der Waals surface area contributed by atoms with Gasteiger partial charge in [0, 0.05) is 51.8 Å². The van der Waals surface area contributed by atoms with E-state index in [0.29, 0.717) is 24.4 Å². The number of benzene rings is 1. The summed E-state index contributed by atoms with van der Waals surface area (Å²) in [7, 11) is 3.93. The zero-order valence-electron chi connectivity index (χ0n) is 16.4. The van der Waals surface area contributed by atoms with Gasteiger partial charge in [-0.2, -0.15) is 0 Å². The maximum Gasteiger partial charge on any atom is 0.311 e. The van der Waals surface area contributed by atoms with Crippen LogP contribution in [0.3, 0.4) is 0 Å². The first-order chi connectivity index (χ1) is 13.4. The van der Waals surface area contributed by atoms with Gasteiger partial charge in [0.1, 0.15) is 5.75 Å². The molecule has 1 atom stereocenters. The molecule has 1 fully saturated rings. The molecule has 154 valence electrons. The van der Waals surface area contributed by atoms with Gasteiger partial charge in [0.25, 0.3) is 0 Å². The third kappa shape index (κ3) is 8.09. The molecule has 0 aliphatic carbocycles. The Morgan fingerprint density at radius 3 is 2.89 bits per heavy atom. The maximum atomic E-state index is 12.3. The molecule has 2 rings (SSSR count). The molecule has 1 aromatic carbocycles. The van der Waals surface area contributed by atoms with E-state index in [4.69, 9.17) is 4.74 Å². The number of carbonyl (C=O) groups excluding carboxylic acids is 1. The predicted octanol–water partition coefficient (Wildman–Crippen LogP) is 6.06. The Balaban J connectivity index is 1.82. The van der Waals surface area contributed by atoms with E-state index in [9.17, 15) is 9.70 Å². The zero-order valence-corrected chi connectivity index (χ0v) is 18.9. The van der Waals surface area contributed by atoms with Crippen LogP contribution in [0.1, 0.15) is 51.5 Å². The Hall–Kier alpha value is -1.12. The number of unbranched alkanes of at least 4 members (excludes halogenated alkanes) is 1. The summed E-state index contributed by atoms with van der Waals surface area (Å²) in [5.74, 6) is 1.54. The SMILES string of the molecule is C=C(NCC(C)(C)SN=O)c1ccccc1OC(=O)CCCC[C@H]1CCSS1. The molecule has 1 N–H and O–H groups in total. The lowest BCUT2D eigenvalue weighted by Gasteiger charge is -2.22. The third-order valence-corrected chi connectivity index (χ3v) is 8.05. The van der Waals surface area contributed by atoms with Crippen LogP contribution >= 0.6 is 33.5 Å². The fourth-order valence-corrected chi connectivity index (χ4v) is 6.10. The van der Waals surface area contributed by atoms with Crippen molar-refractivity contribution in [3.05, 3.63) is 41.3 Å². The normalized spacial score (nSPS) is 16.6. The van der Waals surface area contributed by atoms with E-state index in [1.807, 2.05) is 53.6 Å². The summed E-state index contributed by atoms with van der Waals surface area (Å²) in [4.78, 5) is 22.7. The summed E-state index contributed by atoms with van der Waals surface area (Å²) in [6.07, 6.45) is 4.78. The quantitative estimate of drug-likeness (QED) is 0.106. The summed E-state index contributed by atoms with van der Waals surface area (Å²) >= 11 is 0.983. The number of carbonyl (C=O) groups is 1. The standard InChI is InChI=1S/C20H28N2O3S3/c1-15(21-14-20(2,3)28-22-24)17-9-5-6-10-18(17)25-19(23)11-7-4-8-16-12-13-26-27-16/h5-6,9-10,16,21H,1,4,7-8,11-14H2,2-3H3/t16-/m0/s1. The Bertz CT molecular complexity index is 676. The molecule has 0 amide bonds. The van der Waals surface area contributed by atoms with Gasteiger partial charge in [-0.25, -0.2) is 0 Å². The molecular formula is C20H28N2O3S3. The van der Waals surface area contributed by atoms with Crippen LogP contribution in [-0.2, 0) is 4.79 Å². The second-order valence-corrected chi connectivity index (χ2v) is 11.5. The number of nitroso groups, excluding NO2 is 1. The van der Waals surface area contributed by atoms with Crippen LogP contribution in [0.15, 0.2) is 35.4 Å². The van der Waals surface area contributed by atoms with E-state index in [0.717, 1.165) is 35.6 Å². The molecule has 0 unspecified atom stereocenters. The Morgan fingerprint density at radius 2 is 2.18 bits per heavy atom. The summed E-state index contributed by atoms with van der Waals surface area (Å²) in [5, 5.41) is 3.95. The summed E-state index contributed by atoms with van der Waals surface area (Å²) in [6, 6.07) is 7.36. The molecule has 1 heterocycles. The number of para-hydroxylation sites is 1. The van der Waals surface area contributed by atoms with Crippen molar-refractivity contribution in [1.29, 1.82) is 0 Å². The first-order valence-electron chi connectivity index (χ1n) is 9.43. The number of rotatable bonds is 12. The van der Waals surface area contributed by atoms with E-state index in [2.05, 4.69) is 16.5 Å². The second kappa shape index (κ2) is 11.8. The van der Waals surface area contributed by atoms with Crippen LogP contribution in [0, 0.1) is 4.91 Å². The molecule has 0 spiro atoms. The number of esters is 1. The lowest BCUT2D eigenvalue weighted by Crippen LogP contribution is -2.30. The van der Waals surface area contributed by atoms with Crippen LogP contribution < -0.4 is 10.1 Å². The van der Waals surface area contributed by atoms with Gasteiger partial charge >= 0.3 is 5.97 Å². The highest BCUT2D eigenvalue weighted by atomic mass is 33.1. The first kappa shape index (κ1) is 23.2. The minimum Gasteiger partial charge on any atom is -0.426 e. The fraction of sp³-hybridized carbons (Fsp3) is 0.550. The molecule has 0 saturated carbocycles. The van der Waals surface area contributed by atoms with Crippen LogP contribution in [-0.4, -0.2) is 28.3 Å². The van der Waals surface area contributed by atoms with Gasteiger partial charge in [-0.1, -0.05) is 46.7 Å². The monoisotopic (exact) mass is 440 g/mol. The van der Waals surface area contributed by atoms with E-state index >= 15 is 0 Å². The van der Waals surface area contributed by atoms with Crippen molar-refractivity contribution in [2.75, 3.05) is 12.3 Å². The van der Waals surface area contributed by atoms with Gasteiger partial charge in [-0.15, -0.1) is 4.91 Å². The minimum absolute atomic E-state index is 0.213. The Labute approximate surface area is 179 Å². The highest BCUT2D eigenvalue weighted by Crippen LogP contribution is 2.40. The van der Waals surface area contributed by atoms with Gasteiger partial charge < -0.3 is 10.1 Å². The summed E-state index contributed by atoms with van der Waals surface area (Å²) < 4.78 is 8.14. The number of hydrogen-bond acceptors (Lipinski definition) is 8. The molecule has 1 saturated heterocycles. The largest absolute Gasteiger partial charge is 0.426 e. The van der Waals surface area contributed by atoms with Crippen molar-refractivity contribution in [2.45, 2.75) is 55.9 Å². The van der Waals surface area contributed by atoms with Gasteiger partial charge in [0.2, 0.25) is 0 Å². The fourth-order valence-electron chi connectivity index (χ4n) is 2.73. The van der Waals surface area contributed by atoms with Gasteiger partial charge in [-0.05, 0) is 45.2 Å². The lowest BCUT2D eigenvalue weighted by atomic mass is 10.1. The number of nitrogens with zero attached hydrogens (tertiary/aromatic N) is 1. The van der Waals surface area contributed by atoms with Crippen LogP contribution in [0.2, 0.25) is 0 Å². The third-order valence-electron chi connectivity index (χ3n) is 4.33. The van der Waals surface area contributed by atoms with Gasteiger partial charge in [0.05, 0.1) is 4.75 Å². The highest BCUT2D eigenvalue weighted by Gasteiger charge is 2.21. The topological polar surface area (TPSA) is 67.8 Å². The molecule has 8 heteroatoms. The summed E-state index contributed by atoms with van der Waals surface area (Å²) in [5.41, 5.74) is 1.40. The molecule has 1 aromatic rings. The van der Waals surface area contributed by atoms with Gasteiger partial charge in [-0.3, -0.25) is 4.79 Å². The van der Waals surface area contributed by atoms with E-state index in [-0.39, 0.29) is 10.7 Å². The number of ether oxygens (including phenoxy) is 1. The average Bonchev–Trinajstić information content (AvgIpc) is 3.17. The molecule has 0 bridgehead atoms. The van der Waals surface area contributed by atoms with Gasteiger partial charge in [0.15, 0.2) is 0 Å². The van der Waals surface area contributed by atoms with Crippen molar-refractivity contribution in [3.63, 3.8) is 0 Å². The smallest absolute Gasteiger partial charge is 0.311 e. The first-order valence-corrected chi connectivity index (χ1v) is 12.6. The minimum atomic E-state index is -0.355. The lowest BCUT2D eigenvalue weighted by molar-refractivity contribution is -0.134. The number of nitrogens with one attached hydrogen (secondary N) is 1. The molecule has 1 aliphatic rings. The van der Waals surface area contributed by atoms with E-state index < -0.39 is 0 Å². The Kier molecular flexibility index (Phi) is 9.74. The maximum absolute atomic E-state index is 12.3. The van der Waals surface area contributed by atoms with E-state index in [1.54, 1.807) is 6.07 Å². The van der Waals surface area contributed by atoms with Crippen LogP contribution in [0.4, 0.5) is 0 Å². The number of hydrogen-bond donors (Lipinski definition) is 1.